The highest BCUT2D eigenvalue weighted by Crippen LogP contribution is 2.04. The molecule has 1 heterocycles. The molecule has 2 amide bonds. The van der Waals surface area contributed by atoms with E-state index in [0.717, 1.165) is 13.0 Å². The lowest BCUT2D eigenvalue weighted by atomic mass is 10.2. The summed E-state index contributed by atoms with van der Waals surface area (Å²) in [6, 6.07) is -0.389. The maximum absolute atomic E-state index is 11.3. The van der Waals surface area contributed by atoms with Crippen molar-refractivity contribution >= 4 is 29.1 Å². The third kappa shape index (κ3) is 2.89. The molecule has 0 bridgehead atoms. The Labute approximate surface area is 94.2 Å². The quantitative estimate of drug-likeness (QED) is 0.499. The van der Waals surface area contributed by atoms with Crippen LogP contribution in [0.4, 0.5) is 0 Å². The van der Waals surface area contributed by atoms with Gasteiger partial charge >= 0.3 is 0 Å². The predicted octanol–water partition coefficient (Wildman–Crippen LogP) is -0.382. The fourth-order valence-corrected chi connectivity index (χ4v) is 1.62. The van der Waals surface area contributed by atoms with Crippen LogP contribution in [0.1, 0.15) is 20.3 Å². The van der Waals surface area contributed by atoms with E-state index in [1.165, 1.54) is 0 Å². The first-order valence-corrected chi connectivity index (χ1v) is 5.35. The molecule has 2 N–H and O–H groups in total. The van der Waals surface area contributed by atoms with Crippen molar-refractivity contribution in [3.05, 3.63) is 0 Å². The number of rotatable bonds is 2. The highest BCUT2D eigenvalue weighted by molar-refractivity contribution is 7.80. The number of thiocarbonyl (C=S) groups is 1. The number of amides is 2. The molecule has 0 aromatic rings. The molecule has 6 heteroatoms. The van der Waals surface area contributed by atoms with Crippen molar-refractivity contribution < 1.29 is 9.59 Å². The summed E-state index contributed by atoms with van der Waals surface area (Å²) >= 11 is 5.11. The van der Waals surface area contributed by atoms with Crippen LogP contribution >= 0.6 is 12.2 Å². The van der Waals surface area contributed by atoms with Gasteiger partial charge in [0, 0.05) is 6.54 Å². The second-order valence-corrected chi connectivity index (χ2v) is 3.83. The number of nitrogens with one attached hydrogen (secondary N) is 2. The minimum atomic E-state index is -0.389. The zero-order chi connectivity index (χ0) is 11.4. The van der Waals surface area contributed by atoms with Crippen LogP contribution in [0.5, 0.6) is 0 Å². The maximum Gasteiger partial charge on any atom is 0.249 e. The van der Waals surface area contributed by atoms with Gasteiger partial charge in [-0.15, -0.1) is 0 Å². The number of nitrogens with zero attached hydrogens (tertiary/aromatic N) is 1. The smallest absolute Gasteiger partial charge is 0.249 e. The van der Waals surface area contributed by atoms with E-state index in [9.17, 15) is 9.59 Å². The third-order valence-corrected chi connectivity index (χ3v) is 2.59. The van der Waals surface area contributed by atoms with Gasteiger partial charge in [-0.2, -0.15) is 0 Å². The molecule has 5 nitrogen and oxygen atoms in total. The highest BCUT2D eigenvalue weighted by atomic mass is 32.1. The number of carbonyl (C=O) groups excluding carboxylic acids is 2. The zero-order valence-electron chi connectivity index (χ0n) is 8.87. The number of imide groups is 1. The first kappa shape index (κ1) is 11.9. The predicted molar refractivity (Wildman–Crippen MR) is 60.2 cm³/mol. The number of hydrogen-bond donors (Lipinski definition) is 2. The second-order valence-electron chi connectivity index (χ2n) is 3.45. The van der Waals surface area contributed by atoms with Crippen molar-refractivity contribution in [1.82, 2.24) is 15.5 Å². The minimum absolute atomic E-state index is 0.141. The van der Waals surface area contributed by atoms with Gasteiger partial charge in [-0.25, -0.2) is 0 Å². The molecular formula is C9H15N3O2S. The summed E-state index contributed by atoms with van der Waals surface area (Å²) in [5.74, 6) is -0.606. The van der Waals surface area contributed by atoms with Crippen LogP contribution in [-0.2, 0) is 9.59 Å². The van der Waals surface area contributed by atoms with Crippen molar-refractivity contribution in [2.75, 3.05) is 13.1 Å². The summed E-state index contributed by atoms with van der Waals surface area (Å²) < 4.78 is 0. The molecule has 0 aliphatic carbocycles. The second kappa shape index (κ2) is 5.06. The topological polar surface area (TPSA) is 61.4 Å². The van der Waals surface area contributed by atoms with E-state index >= 15 is 0 Å². The molecule has 1 aliphatic rings. The van der Waals surface area contributed by atoms with E-state index in [1.54, 1.807) is 11.8 Å². The summed E-state index contributed by atoms with van der Waals surface area (Å²) in [5.41, 5.74) is 0. The van der Waals surface area contributed by atoms with Gasteiger partial charge in [0.25, 0.3) is 0 Å². The van der Waals surface area contributed by atoms with Crippen molar-refractivity contribution in [3.63, 3.8) is 0 Å². The van der Waals surface area contributed by atoms with Crippen molar-refractivity contribution in [1.29, 1.82) is 0 Å². The molecule has 1 rings (SSSR count). The molecule has 1 atom stereocenters. The largest absolute Gasteiger partial charge is 0.363 e. The summed E-state index contributed by atoms with van der Waals surface area (Å²) in [4.78, 5) is 24.1. The molecule has 1 aliphatic heterocycles. The number of carbonyl (C=O) groups is 2. The summed E-state index contributed by atoms with van der Waals surface area (Å²) in [7, 11) is 0. The molecule has 0 spiro atoms. The molecule has 0 aromatic carbocycles. The molecule has 0 aromatic heterocycles. The lowest BCUT2D eigenvalue weighted by Gasteiger charge is -2.33. The SMILES string of the molecule is CCCNC(=S)N1CC(=O)NC(=O)C1C. The standard InChI is InChI=1S/C9H15N3O2S/c1-3-4-10-9(15)12-5-7(13)11-8(14)6(12)2/h6H,3-5H2,1-2H3,(H,10,15)(H,11,13,14). The maximum atomic E-state index is 11.3. The summed E-state index contributed by atoms with van der Waals surface area (Å²) in [5, 5.41) is 5.73. The summed E-state index contributed by atoms with van der Waals surface area (Å²) in [6.45, 7) is 4.63. The lowest BCUT2D eigenvalue weighted by Crippen LogP contribution is -2.60. The first-order chi connectivity index (χ1) is 7.06. The molecular weight excluding hydrogens is 214 g/mol. The third-order valence-electron chi connectivity index (χ3n) is 2.21. The van der Waals surface area contributed by atoms with E-state index in [4.69, 9.17) is 12.2 Å². The Morgan fingerprint density at radius 2 is 2.33 bits per heavy atom. The van der Waals surface area contributed by atoms with Gasteiger partial charge in [0.2, 0.25) is 11.8 Å². The van der Waals surface area contributed by atoms with Crippen LogP contribution in [0.2, 0.25) is 0 Å². The fraction of sp³-hybridized carbons (Fsp3) is 0.667. The average Bonchev–Trinajstić information content (AvgIpc) is 2.19. The van der Waals surface area contributed by atoms with Crippen molar-refractivity contribution in [2.24, 2.45) is 0 Å². The number of piperazine rings is 1. The monoisotopic (exact) mass is 229 g/mol. The Bertz CT molecular complexity index is 293. The zero-order valence-corrected chi connectivity index (χ0v) is 9.69. The van der Waals surface area contributed by atoms with Crippen molar-refractivity contribution in [2.45, 2.75) is 26.3 Å². The normalized spacial score (nSPS) is 21.2. The molecule has 1 fully saturated rings. The lowest BCUT2D eigenvalue weighted by molar-refractivity contribution is -0.137. The molecule has 1 saturated heterocycles. The van der Waals surface area contributed by atoms with Gasteiger partial charge in [-0.3, -0.25) is 14.9 Å². The van der Waals surface area contributed by atoms with Gasteiger partial charge in [0.15, 0.2) is 5.11 Å². The Balaban J connectivity index is 2.62. The average molecular weight is 229 g/mol. The van der Waals surface area contributed by atoms with Crippen LogP contribution in [-0.4, -0.2) is 41.0 Å². The van der Waals surface area contributed by atoms with Gasteiger partial charge < -0.3 is 10.2 Å². The van der Waals surface area contributed by atoms with E-state index in [2.05, 4.69) is 10.6 Å². The molecule has 0 saturated carbocycles. The summed E-state index contributed by atoms with van der Waals surface area (Å²) in [6.07, 6.45) is 0.947. The van der Waals surface area contributed by atoms with Gasteiger partial charge in [-0.05, 0) is 25.6 Å². The fourth-order valence-electron chi connectivity index (χ4n) is 1.30. The van der Waals surface area contributed by atoms with E-state index in [0.29, 0.717) is 5.11 Å². The van der Waals surface area contributed by atoms with Crippen LogP contribution < -0.4 is 10.6 Å². The Hall–Kier alpha value is -1.17. The molecule has 84 valence electrons. The molecule has 0 radical (unpaired) electrons. The molecule has 1 unspecified atom stereocenters. The Morgan fingerprint density at radius 3 is 2.93 bits per heavy atom. The number of hydrogen-bond acceptors (Lipinski definition) is 3. The minimum Gasteiger partial charge on any atom is -0.363 e. The van der Waals surface area contributed by atoms with Crippen LogP contribution in [0.15, 0.2) is 0 Å². The van der Waals surface area contributed by atoms with E-state index < -0.39 is 0 Å². The van der Waals surface area contributed by atoms with E-state index in [-0.39, 0.29) is 24.4 Å². The van der Waals surface area contributed by atoms with Gasteiger partial charge in [0.05, 0.1) is 0 Å². The van der Waals surface area contributed by atoms with Gasteiger partial charge in [-0.1, -0.05) is 6.92 Å². The van der Waals surface area contributed by atoms with Gasteiger partial charge in [0.1, 0.15) is 12.6 Å². The Kier molecular flexibility index (Phi) is 4.02. The van der Waals surface area contributed by atoms with Crippen LogP contribution in [0.25, 0.3) is 0 Å². The van der Waals surface area contributed by atoms with Crippen LogP contribution in [0, 0.1) is 0 Å². The Morgan fingerprint density at radius 1 is 1.67 bits per heavy atom. The first-order valence-electron chi connectivity index (χ1n) is 4.94. The molecule has 15 heavy (non-hydrogen) atoms. The van der Waals surface area contributed by atoms with E-state index in [1.807, 2.05) is 6.92 Å². The van der Waals surface area contributed by atoms with Crippen molar-refractivity contribution in [3.8, 4) is 0 Å². The highest BCUT2D eigenvalue weighted by Gasteiger charge is 2.31. The van der Waals surface area contributed by atoms with Crippen LogP contribution in [0.3, 0.4) is 0 Å².